The largest absolute Gasteiger partial charge is 0.320 e. The van der Waals surface area contributed by atoms with Gasteiger partial charge in [0, 0.05) is 6.54 Å². The van der Waals surface area contributed by atoms with E-state index >= 15 is 0 Å². The standard InChI is InChI=1S/C10H22N2O2S2/c1-11-5-2-8-16(13,14)12-9-10-3-6-15-7-4-10/h10-12H,2-9H2,1H3. The second-order valence-electron chi connectivity index (χ2n) is 4.18. The van der Waals surface area contributed by atoms with E-state index in [1.54, 1.807) is 0 Å². The summed E-state index contributed by atoms with van der Waals surface area (Å²) in [7, 11) is -1.22. The highest BCUT2D eigenvalue weighted by Crippen LogP contribution is 2.21. The van der Waals surface area contributed by atoms with Crippen LogP contribution in [0.3, 0.4) is 0 Å². The molecule has 96 valence electrons. The van der Waals surface area contributed by atoms with Crippen molar-refractivity contribution in [1.82, 2.24) is 10.0 Å². The van der Waals surface area contributed by atoms with Crippen LogP contribution in [0.1, 0.15) is 19.3 Å². The van der Waals surface area contributed by atoms with Gasteiger partial charge in [-0.1, -0.05) is 0 Å². The molecular weight excluding hydrogens is 244 g/mol. The molecule has 1 aliphatic heterocycles. The molecule has 0 atom stereocenters. The Morgan fingerprint density at radius 2 is 2.00 bits per heavy atom. The number of hydrogen-bond acceptors (Lipinski definition) is 4. The lowest BCUT2D eigenvalue weighted by molar-refractivity contribution is 0.476. The van der Waals surface area contributed by atoms with Crippen LogP contribution in [0.25, 0.3) is 0 Å². The Bertz CT molecular complexity index is 275. The molecule has 16 heavy (non-hydrogen) atoms. The molecule has 1 heterocycles. The van der Waals surface area contributed by atoms with Gasteiger partial charge < -0.3 is 5.32 Å². The molecule has 0 unspecified atom stereocenters. The van der Waals surface area contributed by atoms with Crippen LogP contribution in [0.5, 0.6) is 0 Å². The van der Waals surface area contributed by atoms with E-state index in [0.717, 1.165) is 19.4 Å². The van der Waals surface area contributed by atoms with Gasteiger partial charge in [-0.15, -0.1) is 0 Å². The summed E-state index contributed by atoms with van der Waals surface area (Å²) in [4.78, 5) is 0. The average molecular weight is 266 g/mol. The Morgan fingerprint density at radius 3 is 2.62 bits per heavy atom. The zero-order valence-corrected chi connectivity index (χ0v) is 11.5. The van der Waals surface area contributed by atoms with Crippen LogP contribution in [0, 0.1) is 5.92 Å². The van der Waals surface area contributed by atoms with Gasteiger partial charge in [0.1, 0.15) is 0 Å². The van der Waals surface area contributed by atoms with Crippen molar-refractivity contribution in [1.29, 1.82) is 0 Å². The minimum atomic E-state index is -3.05. The van der Waals surface area contributed by atoms with Crippen LogP contribution in [0.4, 0.5) is 0 Å². The molecule has 0 radical (unpaired) electrons. The molecule has 1 fully saturated rings. The number of rotatable bonds is 7. The van der Waals surface area contributed by atoms with E-state index in [1.807, 2.05) is 18.8 Å². The molecule has 0 amide bonds. The van der Waals surface area contributed by atoms with Gasteiger partial charge in [-0.25, -0.2) is 13.1 Å². The third kappa shape index (κ3) is 6.08. The lowest BCUT2D eigenvalue weighted by atomic mass is 10.0. The number of sulfonamides is 1. The summed E-state index contributed by atoms with van der Waals surface area (Å²) in [5.74, 6) is 3.12. The van der Waals surface area contributed by atoms with Crippen LogP contribution in [-0.4, -0.2) is 45.8 Å². The molecule has 0 aromatic carbocycles. The van der Waals surface area contributed by atoms with Crippen molar-refractivity contribution in [2.75, 3.05) is 37.4 Å². The first-order valence-corrected chi connectivity index (χ1v) is 8.64. The minimum absolute atomic E-state index is 0.231. The second kappa shape index (κ2) is 7.53. The van der Waals surface area contributed by atoms with E-state index in [2.05, 4.69) is 10.0 Å². The van der Waals surface area contributed by atoms with E-state index in [9.17, 15) is 8.42 Å². The van der Waals surface area contributed by atoms with Crippen LogP contribution in [0.2, 0.25) is 0 Å². The zero-order chi connectivity index (χ0) is 11.9. The smallest absolute Gasteiger partial charge is 0.211 e. The second-order valence-corrected chi connectivity index (χ2v) is 7.33. The number of hydrogen-bond donors (Lipinski definition) is 2. The molecule has 1 saturated heterocycles. The van der Waals surface area contributed by atoms with E-state index in [4.69, 9.17) is 0 Å². The van der Waals surface area contributed by atoms with Crippen molar-refractivity contribution in [3.05, 3.63) is 0 Å². The lowest BCUT2D eigenvalue weighted by Crippen LogP contribution is -2.33. The average Bonchev–Trinajstić information content (AvgIpc) is 2.28. The molecule has 0 aliphatic carbocycles. The maximum atomic E-state index is 11.6. The highest BCUT2D eigenvalue weighted by molar-refractivity contribution is 7.99. The van der Waals surface area contributed by atoms with Crippen molar-refractivity contribution in [3.63, 3.8) is 0 Å². The lowest BCUT2D eigenvalue weighted by Gasteiger charge is -2.21. The van der Waals surface area contributed by atoms with Crippen molar-refractivity contribution < 1.29 is 8.42 Å². The van der Waals surface area contributed by atoms with Crippen LogP contribution >= 0.6 is 11.8 Å². The third-order valence-electron chi connectivity index (χ3n) is 2.77. The minimum Gasteiger partial charge on any atom is -0.320 e. The summed E-state index contributed by atoms with van der Waals surface area (Å²) in [5.41, 5.74) is 0. The van der Waals surface area contributed by atoms with Crippen LogP contribution in [-0.2, 0) is 10.0 Å². The van der Waals surface area contributed by atoms with Crippen LogP contribution < -0.4 is 10.0 Å². The van der Waals surface area contributed by atoms with Crippen molar-refractivity contribution in [3.8, 4) is 0 Å². The number of nitrogens with one attached hydrogen (secondary N) is 2. The summed E-state index contributed by atoms with van der Waals surface area (Å²) in [5, 5.41) is 2.95. The highest BCUT2D eigenvalue weighted by atomic mass is 32.2. The fourth-order valence-electron chi connectivity index (χ4n) is 1.71. The Kier molecular flexibility index (Phi) is 6.72. The summed E-state index contributed by atoms with van der Waals surface area (Å²) >= 11 is 1.96. The third-order valence-corrected chi connectivity index (χ3v) is 5.25. The maximum Gasteiger partial charge on any atom is 0.211 e. The van der Waals surface area contributed by atoms with Gasteiger partial charge in [-0.05, 0) is 50.3 Å². The van der Waals surface area contributed by atoms with Gasteiger partial charge in [-0.2, -0.15) is 11.8 Å². The Balaban J connectivity index is 2.18. The normalized spacial score (nSPS) is 18.8. The molecule has 1 aliphatic rings. The summed E-state index contributed by atoms with van der Waals surface area (Å²) < 4.78 is 25.9. The molecule has 1 rings (SSSR count). The topological polar surface area (TPSA) is 58.2 Å². The van der Waals surface area contributed by atoms with Crippen molar-refractivity contribution >= 4 is 21.8 Å². The molecule has 0 saturated carbocycles. The van der Waals surface area contributed by atoms with Gasteiger partial charge >= 0.3 is 0 Å². The fraction of sp³-hybridized carbons (Fsp3) is 1.00. The quantitative estimate of drug-likeness (QED) is 0.665. The predicted molar refractivity (Wildman–Crippen MR) is 70.4 cm³/mol. The van der Waals surface area contributed by atoms with Gasteiger partial charge in [0.2, 0.25) is 10.0 Å². The van der Waals surface area contributed by atoms with Crippen LogP contribution in [0.15, 0.2) is 0 Å². The summed E-state index contributed by atoms with van der Waals surface area (Å²) in [6, 6.07) is 0. The van der Waals surface area contributed by atoms with E-state index in [0.29, 0.717) is 18.9 Å². The van der Waals surface area contributed by atoms with E-state index in [-0.39, 0.29) is 5.75 Å². The SMILES string of the molecule is CNCCCS(=O)(=O)NCC1CCSCC1. The van der Waals surface area contributed by atoms with Crippen molar-refractivity contribution in [2.45, 2.75) is 19.3 Å². The van der Waals surface area contributed by atoms with Gasteiger partial charge in [0.05, 0.1) is 5.75 Å². The molecule has 0 aromatic rings. The zero-order valence-electron chi connectivity index (χ0n) is 9.87. The molecule has 2 N–H and O–H groups in total. The van der Waals surface area contributed by atoms with E-state index in [1.165, 1.54) is 11.5 Å². The molecule has 0 bridgehead atoms. The Morgan fingerprint density at radius 1 is 1.31 bits per heavy atom. The Labute approximate surface area is 103 Å². The molecule has 6 heteroatoms. The van der Waals surface area contributed by atoms with Gasteiger partial charge in [0.15, 0.2) is 0 Å². The first-order valence-electron chi connectivity index (χ1n) is 5.84. The summed E-state index contributed by atoms with van der Waals surface area (Å²) in [6.45, 7) is 1.38. The maximum absolute atomic E-state index is 11.6. The molecule has 0 spiro atoms. The van der Waals surface area contributed by atoms with E-state index < -0.39 is 10.0 Å². The van der Waals surface area contributed by atoms with Crippen molar-refractivity contribution in [2.24, 2.45) is 5.92 Å². The molecule has 4 nitrogen and oxygen atoms in total. The monoisotopic (exact) mass is 266 g/mol. The first-order chi connectivity index (χ1) is 7.64. The number of thioether (sulfide) groups is 1. The first kappa shape index (κ1) is 14.3. The Hall–Kier alpha value is 0.220. The van der Waals surface area contributed by atoms with Gasteiger partial charge in [0.25, 0.3) is 0 Å². The molecular formula is C10H22N2O2S2. The predicted octanol–water partition coefficient (Wildman–Crippen LogP) is 0.659. The fourth-order valence-corrected chi connectivity index (χ4v) is 4.07. The summed E-state index contributed by atoms with van der Waals surface area (Å²) in [6.07, 6.45) is 2.96. The van der Waals surface area contributed by atoms with Gasteiger partial charge in [-0.3, -0.25) is 0 Å². The molecule has 0 aromatic heterocycles. The highest BCUT2D eigenvalue weighted by Gasteiger charge is 2.16.